The first-order chi connectivity index (χ1) is 12.6. The monoisotopic (exact) mass is 366 g/mol. The Morgan fingerprint density at radius 2 is 2.15 bits per heavy atom. The number of carbonyl (C=O) groups is 1. The largest absolute Gasteiger partial charge is 0.353 e. The number of amides is 1. The lowest BCUT2D eigenvalue weighted by atomic mass is 10.1. The van der Waals surface area contributed by atoms with Gasteiger partial charge < -0.3 is 5.32 Å². The van der Waals surface area contributed by atoms with E-state index in [1.165, 1.54) is 11.8 Å². The minimum absolute atomic E-state index is 0.0179. The Balaban J connectivity index is 2.06. The van der Waals surface area contributed by atoms with Gasteiger partial charge in [-0.25, -0.2) is 4.98 Å². The van der Waals surface area contributed by atoms with Crippen LogP contribution in [0.15, 0.2) is 35.4 Å². The lowest BCUT2D eigenvalue weighted by Crippen LogP contribution is -2.33. The molecule has 5 nitrogen and oxygen atoms in total. The highest BCUT2D eigenvalue weighted by atomic mass is 32.2. The number of para-hydroxylation sites is 2. The predicted octanol–water partition coefficient (Wildman–Crippen LogP) is 3.93. The number of nitrogens with zero attached hydrogens (tertiary/aromatic N) is 3. The first kappa shape index (κ1) is 18.3. The highest BCUT2D eigenvalue weighted by Crippen LogP contribution is 2.29. The summed E-state index contributed by atoms with van der Waals surface area (Å²) in [6.07, 6.45) is 1.65. The minimum atomic E-state index is 0.0179. The van der Waals surface area contributed by atoms with Crippen LogP contribution in [-0.2, 0) is 11.2 Å². The highest BCUT2D eigenvalue weighted by molar-refractivity contribution is 7.99. The van der Waals surface area contributed by atoms with E-state index in [4.69, 9.17) is 0 Å². The van der Waals surface area contributed by atoms with Crippen LogP contribution in [0, 0.1) is 11.3 Å². The Hall–Kier alpha value is -2.52. The van der Waals surface area contributed by atoms with Crippen molar-refractivity contribution in [2.45, 2.75) is 44.7 Å². The lowest BCUT2D eigenvalue weighted by Gasteiger charge is -2.13. The van der Waals surface area contributed by atoms with Crippen molar-refractivity contribution in [3.05, 3.63) is 41.5 Å². The molecule has 2 aromatic heterocycles. The average molecular weight is 366 g/mol. The maximum Gasteiger partial charge on any atom is 0.230 e. The molecule has 3 aromatic rings. The van der Waals surface area contributed by atoms with Crippen molar-refractivity contribution < 1.29 is 4.79 Å². The van der Waals surface area contributed by atoms with Crippen molar-refractivity contribution in [3.8, 4) is 6.07 Å². The second kappa shape index (κ2) is 7.79. The number of benzene rings is 1. The zero-order valence-electron chi connectivity index (χ0n) is 15.2. The molecule has 2 heterocycles. The van der Waals surface area contributed by atoms with Gasteiger partial charge in [0.25, 0.3) is 0 Å². The van der Waals surface area contributed by atoms with Gasteiger partial charge >= 0.3 is 0 Å². The number of aryl methyl sites for hydroxylation is 1. The maximum absolute atomic E-state index is 12.2. The van der Waals surface area contributed by atoms with E-state index >= 15 is 0 Å². The zero-order chi connectivity index (χ0) is 18.7. The fourth-order valence-electron chi connectivity index (χ4n) is 2.91. The number of pyridine rings is 1. The number of hydrogen-bond donors (Lipinski definition) is 1. The van der Waals surface area contributed by atoms with Gasteiger partial charge in [-0.05, 0) is 43.5 Å². The lowest BCUT2D eigenvalue weighted by molar-refractivity contribution is -0.119. The summed E-state index contributed by atoms with van der Waals surface area (Å²) >= 11 is 1.48. The second-order valence-electron chi connectivity index (χ2n) is 6.27. The van der Waals surface area contributed by atoms with Crippen LogP contribution in [0.3, 0.4) is 0 Å². The molecule has 0 saturated carbocycles. The molecule has 0 bridgehead atoms. The topological polar surface area (TPSA) is 70.2 Å². The third kappa shape index (κ3) is 3.40. The van der Waals surface area contributed by atoms with Gasteiger partial charge in [0.2, 0.25) is 5.91 Å². The van der Waals surface area contributed by atoms with E-state index in [9.17, 15) is 10.1 Å². The summed E-state index contributed by atoms with van der Waals surface area (Å²) in [6, 6.07) is 12.3. The van der Waals surface area contributed by atoms with E-state index in [0.717, 1.165) is 34.5 Å². The predicted molar refractivity (Wildman–Crippen MR) is 105 cm³/mol. The van der Waals surface area contributed by atoms with Crippen LogP contribution in [0.25, 0.3) is 16.7 Å². The molecule has 26 heavy (non-hydrogen) atoms. The fourth-order valence-corrected chi connectivity index (χ4v) is 3.81. The molecule has 1 atom stereocenters. The number of rotatable bonds is 6. The molecule has 6 heteroatoms. The third-order valence-corrected chi connectivity index (χ3v) is 5.49. The SMILES string of the molecule is CCc1cc(SCC(=O)N[C@@H](C)CC)n2c(nc3ccccc32)c1C#N. The smallest absolute Gasteiger partial charge is 0.230 e. The summed E-state index contributed by atoms with van der Waals surface area (Å²) in [5, 5.41) is 13.6. The Kier molecular flexibility index (Phi) is 5.48. The van der Waals surface area contributed by atoms with Gasteiger partial charge in [-0.1, -0.05) is 37.7 Å². The van der Waals surface area contributed by atoms with Gasteiger partial charge in [0, 0.05) is 6.04 Å². The molecule has 1 aromatic carbocycles. The Morgan fingerprint density at radius 1 is 1.38 bits per heavy atom. The van der Waals surface area contributed by atoms with Crippen molar-refractivity contribution in [2.75, 3.05) is 5.75 Å². The van der Waals surface area contributed by atoms with E-state index in [-0.39, 0.29) is 11.9 Å². The molecule has 1 N–H and O–H groups in total. The maximum atomic E-state index is 12.2. The molecule has 0 aliphatic rings. The number of hydrogen-bond acceptors (Lipinski definition) is 4. The van der Waals surface area contributed by atoms with Gasteiger partial charge in [-0.2, -0.15) is 5.26 Å². The summed E-state index contributed by atoms with van der Waals surface area (Å²) < 4.78 is 1.99. The van der Waals surface area contributed by atoms with E-state index < -0.39 is 0 Å². The molecular formula is C20H22N4OS. The molecule has 0 aliphatic heterocycles. The summed E-state index contributed by atoms with van der Waals surface area (Å²) in [5.74, 6) is 0.352. The first-order valence-electron chi connectivity index (χ1n) is 8.84. The van der Waals surface area contributed by atoms with Crippen LogP contribution in [0.5, 0.6) is 0 Å². The van der Waals surface area contributed by atoms with Crippen LogP contribution in [0.2, 0.25) is 0 Å². The van der Waals surface area contributed by atoms with Crippen molar-refractivity contribution in [1.29, 1.82) is 5.26 Å². The minimum Gasteiger partial charge on any atom is -0.353 e. The van der Waals surface area contributed by atoms with Crippen molar-refractivity contribution >= 4 is 34.3 Å². The van der Waals surface area contributed by atoms with Crippen LogP contribution in [-0.4, -0.2) is 27.1 Å². The van der Waals surface area contributed by atoms with Crippen LogP contribution in [0.1, 0.15) is 38.3 Å². The van der Waals surface area contributed by atoms with Gasteiger partial charge in [-0.15, -0.1) is 0 Å². The van der Waals surface area contributed by atoms with Crippen LogP contribution < -0.4 is 5.32 Å². The number of aromatic nitrogens is 2. The first-order valence-corrected chi connectivity index (χ1v) is 9.82. The number of nitriles is 1. The molecule has 0 spiro atoms. The summed E-state index contributed by atoms with van der Waals surface area (Å²) in [4.78, 5) is 16.9. The molecule has 0 saturated heterocycles. The number of thioether (sulfide) groups is 1. The highest BCUT2D eigenvalue weighted by Gasteiger charge is 2.17. The summed E-state index contributed by atoms with van der Waals surface area (Å²) in [6.45, 7) is 6.08. The van der Waals surface area contributed by atoms with Gasteiger partial charge in [-0.3, -0.25) is 9.20 Å². The number of imidazole rings is 1. The molecule has 0 unspecified atom stereocenters. The van der Waals surface area contributed by atoms with Crippen LogP contribution in [0.4, 0.5) is 0 Å². The number of carbonyl (C=O) groups excluding carboxylic acids is 1. The summed E-state index contributed by atoms with van der Waals surface area (Å²) in [7, 11) is 0. The van der Waals surface area contributed by atoms with E-state index in [1.54, 1.807) is 0 Å². The Morgan fingerprint density at radius 3 is 2.85 bits per heavy atom. The van der Waals surface area contributed by atoms with Gasteiger partial charge in [0.15, 0.2) is 5.65 Å². The number of nitrogens with one attached hydrogen (secondary N) is 1. The van der Waals surface area contributed by atoms with Crippen LogP contribution >= 0.6 is 11.8 Å². The van der Waals surface area contributed by atoms with Crippen molar-refractivity contribution in [2.24, 2.45) is 0 Å². The molecular weight excluding hydrogens is 344 g/mol. The Bertz CT molecular complexity index is 1000. The Labute approximate surface area is 157 Å². The quantitative estimate of drug-likeness (QED) is 0.671. The van der Waals surface area contributed by atoms with Crippen molar-refractivity contribution in [1.82, 2.24) is 14.7 Å². The van der Waals surface area contributed by atoms with Crippen molar-refractivity contribution in [3.63, 3.8) is 0 Å². The zero-order valence-corrected chi connectivity index (χ0v) is 16.1. The third-order valence-electron chi connectivity index (χ3n) is 4.49. The van der Waals surface area contributed by atoms with E-state index in [2.05, 4.69) is 16.4 Å². The standard InChI is InChI=1S/C20H22N4OS/c1-4-13(3)22-18(25)12-26-19-10-14(5-2)15(11-21)20-23-16-8-6-7-9-17(16)24(19)20/h6-10,13H,4-5,12H2,1-3H3,(H,22,25)/t13-/m0/s1. The van der Waals surface area contributed by atoms with Gasteiger partial charge in [0.1, 0.15) is 6.07 Å². The molecule has 0 radical (unpaired) electrons. The molecule has 0 aliphatic carbocycles. The summed E-state index contributed by atoms with van der Waals surface area (Å²) in [5.41, 5.74) is 4.03. The number of fused-ring (bicyclic) bond motifs is 3. The normalized spacial score (nSPS) is 12.2. The fraction of sp³-hybridized carbons (Fsp3) is 0.350. The molecule has 0 fully saturated rings. The van der Waals surface area contributed by atoms with Gasteiger partial charge in [0.05, 0.1) is 27.4 Å². The van der Waals surface area contributed by atoms with E-state index in [0.29, 0.717) is 17.0 Å². The van der Waals surface area contributed by atoms with E-state index in [1.807, 2.05) is 55.5 Å². The molecule has 3 rings (SSSR count). The second-order valence-corrected chi connectivity index (χ2v) is 7.27. The molecule has 134 valence electrons. The average Bonchev–Trinajstić information content (AvgIpc) is 3.04. The molecule has 1 amide bonds.